The van der Waals surface area contributed by atoms with E-state index >= 15 is 0 Å². The number of benzene rings is 1. The second-order valence-electron chi connectivity index (χ2n) is 4.32. The third-order valence-electron chi connectivity index (χ3n) is 2.90. The quantitative estimate of drug-likeness (QED) is 0.833. The van der Waals surface area contributed by atoms with Crippen molar-refractivity contribution in [3.63, 3.8) is 0 Å². The van der Waals surface area contributed by atoms with Crippen LogP contribution in [0.15, 0.2) is 24.3 Å². The molecule has 1 aromatic heterocycles. The fraction of sp³-hybridized carbons (Fsp3) is 0.357. The van der Waals surface area contributed by atoms with E-state index in [9.17, 15) is 4.79 Å². The van der Waals surface area contributed by atoms with E-state index in [0.717, 1.165) is 24.2 Å². The summed E-state index contributed by atoms with van der Waals surface area (Å²) in [6.45, 7) is 2.48. The molecule has 0 unspecified atom stereocenters. The third-order valence-corrected chi connectivity index (χ3v) is 2.90. The summed E-state index contributed by atoms with van der Waals surface area (Å²) >= 11 is 0. The van der Waals surface area contributed by atoms with E-state index in [1.54, 1.807) is 7.11 Å². The van der Waals surface area contributed by atoms with Crippen LogP contribution in [0.3, 0.4) is 0 Å². The summed E-state index contributed by atoms with van der Waals surface area (Å²) in [6.07, 6.45) is 1.46. The largest absolute Gasteiger partial charge is 0.497 e. The van der Waals surface area contributed by atoms with Gasteiger partial charge in [-0.25, -0.2) is 4.98 Å². The highest BCUT2D eigenvalue weighted by Crippen LogP contribution is 2.12. The maximum atomic E-state index is 11.8. The monoisotopic (exact) mass is 274 g/mol. The fourth-order valence-corrected chi connectivity index (χ4v) is 1.78. The van der Waals surface area contributed by atoms with Crippen LogP contribution in [-0.4, -0.2) is 34.7 Å². The minimum atomic E-state index is -0.260. The van der Waals surface area contributed by atoms with Crippen LogP contribution in [0.4, 0.5) is 0 Å². The maximum Gasteiger partial charge on any atom is 0.290 e. The topological polar surface area (TPSA) is 79.9 Å². The molecule has 0 aliphatic rings. The normalized spacial score (nSPS) is 10.3. The zero-order valence-electron chi connectivity index (χ0n) is 11.6. The molecule has 20 heavy (non-hydrogen) atoms. The first-order valence-corrected chi connectivity index (χ1v) is 6.55. The summed E-state index contributed by atoms with van der Waals surface area (Å²) in [6, 6.07) is 7.77. The van der Waals surface area contributed by atoms with Gasteiger partial charge in [0.1, 0.15) is 11.6 Å². The van der Waals surface area contributed by atoms with E-state index in [0.29, 0.717) is 12.4 Å². The molecule has 0 saturated heterocycles. The summed E-state index contributed by atoms with van der Waals surface area (Å²) < 4.78 is 5.16. The van der Waals surface area contributed by atoms with Gasteiger partial charge in [0.15, 0.2) is 0 Å². The second kappa shape index (κ2) is 6.70. The number of nitrogens with zero attached hydrogens (tertiary/aromatic N) is 2. The van der Waals surface area contributed by atoms with Crippen molar-refractivity contribution in [2.24, 2.45) is 0 Å². The Hall–Kier alpha value is -2.37. The molecule has 0 atom stereocenters. The number of carbonyl (C=O) groups is 1. The number of rotatable bonds is 6. The van der Waals surface area contributed by atoms with Gasteiger partial charge in [0.05, 0.1) is 7.11 Å². The average molecular weight is 274 g/mol. The van der Waals surface area contributed by atoms with Crippen molar-refractivity contribution >= 4 is 5.91 Å². The van der Waals surface area contributed by atoms with Gasteiger partial charge in [0.2, 0.25) is 5.82 Å². The molecule has 0 saturated carbocycles. The molecule has 1 heterocycles. The molecular weight excluding hydrogens is 256 g/mol. The number of amides is 1. The first-order valence-electron chi connectivity index (χ1n) is 6.55. The molecular formula is C14H18N4O2. The van der Waals surface area contributed by atoms with E-state index in [2.05, 4.69) is 20.5 Å². The van der Waals surface area contributed by atoms with Crippen molar-refractivity contribution in [3.05, 3.63) is 41.5 Å². The molecule has 0 radical (unpaired) electrons. The first kappa shape index (κ1) is 14.0. The lowest BCUT2D eigenvalue weighted by atomic mass is 10.1. The summed E-state index contributed by atoms with van der Waals surface area (Å²) in [7, 11) is 1.63. The van der Waals surface area contributed by atoms with Gasteiger partial charge in [-0.2, -0.15) is 0 Å². The minimum Gasteiger partial charge on any atom is -0.497 e. The number of hydrogen-bond donors (Lipinski definition) is 2. The second-order valence-corrected chi connectivity index (χ2v) is 4.32. The number of H-pyrrole nitrogens is 1. The Bertz CT molecular complexity index is 580. The van der Waals surface area contributed by atoms with Gasteiger partial charge in [-0.1, -0.05) is 19.1 Å². The smallest absolute Gasteiger partial charge is 0.290 e. The Morgan fingerprint density at radius 1 is 1.45 bits per heavy atom. The van der Waals surface area contributed by atoms with Gasteiger partial charge in [0, 0.05) is 13.0 Å². The molecule has 2 rings (SSSR count). The number of aromatic amines is 1. The number of methoxy groups -OCH3 is 1. The number of aromatic nitrogens is 3. The molecule has 0 bridgehead atoms. The number of hydrogen-bond acceptors (Lipinski definition) is 4. The summed E-state index contributed by atoms with van der Waals surface area (Å²) in [5.74, 6) is 1.45. The lowest BCUT2D eigenvalue weighted by Gasteiger charge is -2.05. The Morgan fingerprint density at radius 3 is 3.00 bits per heavy atom. The first-order chi connectivity index (χ1) is 9.72. The Balaban J connectivity index is 1.84. The molecule has 0 fully saturated rings. The van der Waals surface area contributed by atoms with Gasteiger partial charge in [-0.05, 0) is 24.1 Å². The van der Waals surface area contributed by atoms with Gasteiger partial charge >= 0.3 is 0 Å². The van der Waals surface area contributed by atoms with Crippen LogP contribution >= 0.6 is 0 Å². The van der Waals surface area contributed by atoms with Crippen LogP contribution in [0.1, 0.15) is 28.9 Å². The SMILES string of the molecule is CCc1nc(C(=O)NCCc2cccc(OC)c2)n[nH]1. The van der Waals surface area contributed by atoms with E-state index in [1.807, 2.05) is 31.2 Å². The van der Waals surface area contributed by atoms with Crippen LogP contribution in [0, 0.1) is 0 Å². The molecule has 106 valence electrons. The summed E-state index contributed by atoms with van der Waals surface area (Å²) in [4.78, 5) is 15.9. The number of aryl methyl sites for hydroxylation is 1. The summed E-state index contributed by atoms with van der Waals surface area (Å²) in [5.41, 5.74) is 1.11. The molecule has 0 spiro atoms. The molecule has 0 aliphatic carbocycles. The molecule has 2 N–H and O–H groups in total. The van der Waals surface area contributed by atoms with Crippen LogP contribution in [0.5, 0.6) is 5.75 Å². The average Bonchev–Trinajstić information content (AvgIpc) is 2.96. The van der Waals surface area contributed by atoms with Gasteiger partial charge in [-0.3, -0.25) is 9.89 Å². The lowest BCUT2D eigenvalue weighted by Crippen LogP contribution is -2.26. The maximum absolute atomic E-state index is 11.8. The van der Waals surface area contributed by atoms with Crippen LogP contribution in [-0.2, 0) is 12.8 Å². The van der Waals surface area contributed by atoms with E-state index in [4.69, 9.17) is 4.74 Å². The lowest BCUT2D eigenvalue weighted by molar-refractivity contribution is 0.0944. The number of carbonyl (C=O) groups excluding carboxylic acids is 1. The van der Waals surface area contributed by atoms with Crippen LogP contribution in [0.2, 0.25) is 0 Å². The van der Waals surface area contributed by atoms with Crippen LogP contribution < -0.4 is 10.1 Å². The van der Waals surface area contributed by atoms with Crippen molar-refractivity contribution in [3.8, 4) is 5.75 Å². The predicted molar refractivity (Wildman–Crippen MR) is 74.8 cm³/mol. The van der Waals surface area contributed by atoms with Crippen molar-refractivity contribution in [2.75, 3.05) is 13.7 Å². The summed E-state index contributed by atoms with van der Waals surface area (Å²) in [5, 5.41) is 9.39. The molecule has 0 aliphatic heterocycles. The Kier molecular flexibility index (Phi) is 4.70. The van der Waals surface area contributed by atoms with Crippen molar-refractivity contribution in [1.29, 1.82) is 0 Å². The minimum absolute atomic E-state index is 0.187. The number of ether oxygens (including phenoxy) is 1. The third kappa shape index (κ3) is 3.57. The highest BCUT2D eigenvalue weighted by molar-refractivity contribution is 5.90. The van der Waals surface area contributed by atoms with E-state index < -0.39 is 0 Å². The Labute approximate surface area is 117 Å². The molecule has 6 nitrogen and oxygen atoms in total. The van der Waals surface area contributed by atoms with Gasteiger partial charge in [0.25, 0.3) is 5.91 Å². The van der Waals surface area contributed by atoms with Gasteiger partial charge in [-0.15, -0.1) is 5.10 Å². The highest BCUT2D eigenvalue weighted by atomic mass is 16.5. The van der Waals surface area contributed by atoms with Gasteiger partial charge < -0.3 is 10.1 Å². The highest BCUT2D eigenvalue weighted by Gasteiger charge is 2.10. The van der Waals surface area contributed by atoms with E-state index in [-0.39, 0.29) is 11.7 Å². The standard InChI is InChI=1S/C14H18N4O2/c1-3-12-16-13(18-17-12)14(19)15-8-7-10-5-4-6-11(9-10)20-2/h4-6,9H,3,7-8H2,1-2H3,(H,15,19)(H,16,17,18). The van der Waals surface area contributed by atoms with Crippen molar-refractivity contribution < 1.29 is 9.53 Å². The number of nitrogens with one attached hydrogen (secondary N) is 2. The van der Waals surface area contributed by atoms with Crippen LogP contribution in [0.25, 0.3) is 0 Å². The predicted octanol–water partition coefficient (Wildman–Crippen LogP) is 1.35. The molecule has 2 aromatic rings. The zero-order chi connectivity index (χ0) is 14.4. The zero-order valence-corrected chi connectivity index (χ0v) is 11.6. The molecule has 1 amide bonds. The Morgan fingerprint density at radius 2 is 2.30 bits per heavy atom. The van der Waals surface area contributed by atoms with Crippen molar-refractivity contribution in [1.82, 2.24) is 20.5 Å². The van der Waals surface area contributed by atoms with E-state index in [1.165, 1.54) is 0 Å². The van der Waals surface area contributed by atoms with Crippen molar-refractivity contribution in [2.45, 2.75) is 19.8 Å². The molecule has 6 heteroatoms. The molecule has 1 aromatic carbocycles. The fourth-order valence-electron chi connectivity index (χ4n) is 1.78.